The molecule has 0 N–H and O–H groups in total. The Labute approximate surface area is 147 Å². The number of hydrogen-bond donors (Lipinski definition) is 0. The number of nitrogens with zero attached hydrogens (tertiary/aromatic N) is 4. The summed E-state index contributed by atoms with van der Waals surface area (Å²) in [6.07, 6.45) is 7.27. The van der Waals surface area contributed by atoms with Gasteiger partial charge in [0.2, 0.25) is 5.89 Å². The summed E-state index contributed by atoms with van der Waals surface area (Å²) in [4.78, 5) is 12.2. The summed E-state index contributed by atoms with van der Waals surface area (Å²) in [5, 5.41) is 0. The molecule has 0 amide bonds. The molecule has 5 nitrogen and oxygen atoms in total. The van der Waals surface area contributed by atoms with Crippen LogP contribution in [0.4, 0.5) is 0 Å². The molecule has 5 heteroatoms. The summed E-state index contributed by atoms with van der Waals surface area (Å²) in [7, 11) is 2.20. The number of fused-ring (bicyclic) bond motifs is 2. The molecule has 1 aliphatic carbocycles. The van der Waals surface area contributed by atoms with Gasteiger partial charge in [0.25, 0.3) is 0 Å². The van der Waals surface area contributed by atoms with E-state index in [0.717, 1.165) is 36.5 Å². The van der Waals surface area contributed by atoms with Crippen LogP contribution in [0, 0.1) is 0 Å². The van der Waals surface area contributed by atoms with Gasteiger partial charge >= 0.3 is 0 Å². The molecule has 1 saturated heterocycles. The second-order valence-corrected chi connectivity index (χ2v) is 7.33. The fourth-order valence-corrected chi connectivity index (χ4v) is 4.47. The van der Waals surface area contributed by atoms with E-state index < -0.39 is 0 Å². The van der Waals surface area contributed by atoms with Crippen LogP contribution in [0.5, 0.6) is 0 Å². The van der Waals surface area contributed by atoms with E-state index in [1.165, 1.54) is 49.3 Å². The first-order chi connectivity index (χ1) is 12.3. The van der Waals surface area contributed by atoms with E-state index in [1.54, 1.807) is 0 Å². The molecule has 2 aliphatic rings. The fraction of sp³-hybridized carbons (Fsp3) is 0.500. The molecule has 2 aromatic heterocycles. The van der Waals surface area contributed by atoms with Crippen molar-refractivity contribution in [1.82, 2.24) is 19.4 Å². The molecule has 0 saturated carbocycles. The minimum absolute atomic E-state index is 0.380. The van der Waals surface area contributed by atoms with Crippen LogP contribution in [0.3, 0.4) is 0 Å². The van der Waals surface area contributed by atoms with Crippen molar-refractivity contribution in [2.45, 2.75) is 51.1 Å². The number of hydrogen-bond acceptors (Lipinski definition) is 4. The predicted octanol–water partition coefficient (Wildman–Crippen LogP) is 3.78. The van der Waals surface area contributed by atoms with Gasteiger partial charge in [0.1, 0.15) is 11.3 Å². The number of likely N-dealkylation sites (tertiary alicyclic amines) is 1. The molecular weight excluding hydrogens is 312 g/mol. The van der Waals surface area contributed by atoms with Crippen LogP contribution in [0.25, 0.3) is 11.1 Å². The van der Waals surface area contributed by atoms with Crippen LogP contribution in [0.2, 0.25) is 0 Å². The van der Waals surface area contributed by atoms with E-state index in [2.05, 4.69) is 21.5 Å². The third-order valence-electron chi connectivity index (χ3n) is 5.75. The van der Waals surface area contributed by atoms with Crippen molar-refractivity contribution in [3.8, 4) is 0 Å². The summed E-state index contributed by atoms with van der Waals surface area (Å²) < 4.78 is 8.31. The smallest absolute Gasteiger partial charge is 0.209 e. The molecule has 25 heavy (non-hydrogen) atoms. The minimum Gasteiger partial charge on any atom is -0.439 e. The molecular formula is C20H24N4O. The highest BCUT2D eigenvalue weighted by Gasteiger charge is 2.32. The maximum Gasteiger partial charge on any atom is 0.209 e. The van der Waals surface area contributed by atoms with E-state index in [-0.39, 0.29) is 0 Å². The number of rotatable bonds is 3. The van der Waals surface area contributed by atoms with Crippen molar-refractivity contribution >= 4 is 11.1 Å². The number of aryl methyl sites for hydroxylation is 1. The van der Waals surface area contributed by atoms with Crippen molar-refractivity contribution in [1.29, 1.82) is 0 Å². The Morgan fingerprint density at radius 2 is 2.00 bits per heavy atom. The van der Waals surface area contributed by atoms with Crippen molar-refractivity contribution in [2.24, 2.45) is 7.05 Å². The molecule has 1 aliphatic heterocycles. The highest BCUT2D eigenvalue weighted by Crippen LogP contribution is 2.35. The first-order valence-electron chi connectivity index (χ1n) is 9.42. The lowest BCUT2D eigenvalue weighted by Crippen LogP contribution is -2.25. The lowest BCUT2D eigenvalue weighted by molar-refractivity contribution is 0.215. The Hall–Kier alpha value is -2.14. The van der Waals surface area contributed by atoms with Crippen LogP contribution in [-0.4, -0.2) is 26.0 Å². The molecule has 0 unspecified atom stereocenters. The lowest BCUT2D eigenvalue weighted by Gasteiger charge is -2.23. The molecule has 1 atom stereocenters. The first kappa shape index (κ1) is 15.1. The van der Waals surface area contributed by atoms with Crippen molar-refractivity contribution in [2.75, 3.05) is 6.54 Å². The van der Waals surface area contributed by atoms with E-state index in [4.69, 9.17) is 9.40 Å². The van der Waals surface area contributed by atoms with Crippen LogP contribution in [0.15, 0.2) is 28.7 Å². The zero-order valence-corrected chi connectivity index (χ0v) is 14.7. The third kappa shape index (κ3) is 2.58. The molecule has 3 aromatic rings. The number of benzene rings is 1. The zero-order chi connectivity index (χ0) is 16.8. The maximum absolute atomic E-state index is 5.95. The Morgan fingerprint density at radius 1 is 1.12 bits per heavy atom. The fourth-order valence-electron chi connectivity index (χ4n) is 4.47. The second kappa shape index (κ2) is 5.99. The Bertz CT molecular complexity index is 877. The molecule has 0 bridgehead atoms. The van der Waals surface area contributed by atoms with Crippen LogP contribution < -0.4 is 0 Å². The summed E-state index contributed by atoms with van der Waals surface area (Å²) >= 11 is 0. The zero-order valence-electron chi connectivity index (χ0n) is 14.7. The van der Waals surface area contributed by atoms with Gasteiger partial charge in [-0.25, -0.2) is 9.97 Å². The topological polar surface area (TPSA) is 47.1 Å². The first-order valence-corrected chi connectivity index (χ1v) is 9.42. The molecule has 5 rings (SSSR count). The molecule has 3 heterocycles. The number of imidazole rings is 1. The van der Waals surface area contributed by atoms with Crippen molar-refractivity contribution < 1.29 is 4.42 Å². The van der Waals surface area contributed by atoms with Crippen molar-refractivity contribution in [3.05, 3.63) is 47.4 Å². The van der Waals surface area contributed by atoms with Crippen LogP contribution in [0.1, 0.15) is 54.8 Å². The molecule has 0 spiro atoms. The molecule has 130 valence electrons. The van der Waals surface area contributed by atoms with E-state index in [0.29, 0.717) is 6.04 Å². The summed E-state index contributed by atoms with van der Waals surface area (Å²) in [6, 6.07) is 8.38. The second-order valence-electron chi connectivity index (χ2n) is 7.33. The maximum atomic E-state index is 5.95. The average molecular weight is 336 g/mol. The number of oxazole rings is 1. The molecule has 0 radical (unpaired) electrons. The van der Waals surface area contributed by atoms with Gasteiger partial charge < -0.3 is 8.98 Å². The quantitative estimate of drug-likeness (QED) is 0.730. The highest BCUT2D eigenvalue weighted by molar-refractivity contribution is 5.72. The monoisotopic (exact) mass is 336 g/mol. The van der Waals surface area contributed by atoms with Gasteiger partial charge in [0.15, 0.2) is 5.58 Å². The van der Waals surface area contributed by atoms with Crippen molar-refractivity contribution in [3.63, 3.8) is 0 Å². The predicted molar refractivity (Wildman–Crippen MR) is 96.2 cm³/mol. The van der Waals surface area contributed by atoms with Gasteiger partial charge in [-0.05, 0) is 57.2 Å². The Kier molecular flexibility index (Phi) is 3.63. The third-order valence-corrected chi connectivity index (χ3v) is 5.75. The Morgan fingerprint density at radius 3 is 2.88 bits per heavy atom. The lowest BCUT2D eigenvalue weighted by atomic mass is 10.0. The van der Waals surface area contributed by atoms with E-state index in [9.17, 15) is 0 Å². The number of aromatic nitrogens is 3. The van der Waals surface area contributed by atoms with Crippen LogP contribution in [-0.2, 0) is 26.4 Å². The summed E-state index contributed by atoms with van der Waals surface area (Å²) in [6.45, 7) is 1.85. The van der Waals surface area contributed by atoms with Gasteiger partial charge in [-0.2, -0.15) is 0 Å². The van der Waals surface area contributed by atoms with Gasteiger partial charge in [0.05, 0.1) is 18.3 Å². The van der Waals surface area contributed by atoms with Gasteiger partial charge in [0, 0.05) is 12.7 Å². The van der Waals surface area contributed by atoms with Crippen LogP contribution >= 0.6 is 0 Å². The largest absolute Gasteiger partial charge is 0.439 e. The van der Waals surface area contributed by atoms with E-state index >= 15 is 0 Å². The Balaban J connectivity index is 1.43. The van der Waals surface area contributed by atoms with Gasteiger partial charge in [-0.3, -0.25) is 4.90 Å². The summed E-state index contributed by atoms with van der Waals surface area (Å²) in [5.41, 5.74) is 4.61. The standard InChI is InChI=1S/C20H24N4O/c1-23-16-9-4-2-7-14(16)22-20(23)17-10-6-12-24(17)13-19-21-15-8-3-5-11-18(15)25-19/h3,5,8,11,17H,2,4,6-7,9-10,12-13H2,1H3/t17-/m0/s1. The summed E-state index contributed by atoms with van der Waals surface area (Å²) in [5.74, 6) is 2.05. The minimum atomic E-state index is 0.380. The van der Waals surface area contributed by atoms with Gasteiger partial charge in [-0.15, -0.1) is 0 Å². The molecule has 1 aromatic carbocycles. The van der Waals surface area contributed by atoms with E-state index in [1.807, 2.05) is 24.3 Å². The average Bonchev–Trinajstić information content (AvgIpc) is 3.32. The highest BCUT2D eigenvalue weighted by atomic mass is 16.3. The number of para-hydroxylation sites is 2. The SMILES string of the molecule is Cn1c([C@@H]2CCCN2Cc2nc3ccccc3o2)nc2c1CCCC2. The molecule has 1 fully saturated rings. The van der Waals surface area contributed by atoms with Gasteiger partial charge in [-0.1, -0.05) is 12.1 Å². The normalized spacial score (nSPS) is 21.1.